The lowest BCUT2D eigenvalue weighted by molar-refractivity contribution is 0.303. The Bertz CT molecular complexity index is 311. The first-order valence-corrected chi connectivity index (χ1v) is 8.32. The summed E-state index contributed by atoms with van der Waals surface area (Å²) in [5.41, 5.74) is 0. The second-order valence-corrected chi connectivity index (χ2v) is 5.48. The minimum atomic E-state index is 0.813. The van der Waals surface area contributed by atoms with Crippen LogP contribution in [0.2, 0.25) is 0 Å². The van der Waals surface area contributed by atoms with Gasteiger partial charge in [0.2, 0.25) is 0 Å². The van der Waals surface area contributed by atoms with Crippen molar-refractivity contribution in [2.75, 3.05) is 19.0 Å². The highest BCUT2D eigenvalue weighted by molar-refractivity contribution is 9.09. The third-order valence-corrected chi connectivity index (χ3v) is 3.67. The zero-order valence-corrected chi connectivity index (χ0v) is 13.5. The largest absolute Gasteiger partial charge is 0.497 e. The summed E-state index contributed by atoms with van der Waals surface area (Å²) in [6.45, 7) is 0.813. The summed E-state index contributed by atoms with van der Waals surface area (Å²) < 4.78 is 10.8. The van der Waals surface area contributed by atoms with E-state index in [-0.39, 0.29) is 0 Å². The van der Waals surface area contributed by atoms with E-state index >= 15 is 0 Å². The number of ether oxygens (including phenoxy) is 2. The van der Waals surface area contributed by atoms with Crippen molar-refractivity contribution < 1.29 is 9.47 Å². The highest BCUT2D eigenvalue weighted by atomic mass is 79.9. The lowest BCUT2D eigenvalue weighted by atomic mass is 10.1. The first-order chi connectivity index (χ1) is 9.36. The van der Waals surface area contributed by atoms with Crippen LogP contribution in [0, 0.1) is 0 Å². The van der Waals surface area contributed by atoms with E-state index < -0.39 is 0 Å². The third-order valence-electron chi connectivity index (χ3n) is 3.11. The second kappa shape index (κ2) is 11.2. The smallest absolute Gasteiger partial charge is 0.119 e. The molecule has 0 aliphatic carbocycles. The molecule has 0 fully saturated rings. The maximum Gasteiger partial charge on any atom is 0.119 e. The maximum atomic E-state index is 5.69. The van der Waals surface area contributed by atoms with Crippen molar-refractivity contribution in [3.63, 3.8) is 0 Å². The number of hydrogen-bond acceptors (Lipinski definition) is 2. The Kier molecular flexibility index (Phi) is 9.60. The quantitative estimate of drug-likeness (QED) is 0.410. The van der Waals surface area contributed by atoms with Gasteiger partial charge >= 0.3 is 0 Å². The molecular formula is C16H25BrO2. The Balaban J connectivity index is 1.95. The topological polar surface area (TPSA) is 18.5 Å². The zero-order valence-electron chi connectivity index (χ0n) is 11.9. The molecule has 1 rings (SSSR count). The SMILES string of the molecule is COc1ccc(OCCCCCCCCCBr)cc1. The molecule has 0 N–H and O–H groups in total. The number of rotatable bonds is 11. The van der Waals surface area contributed by atoms with Crippen molar-refractivity contribution >= 4 is 15.9 Å². The van der Waals surface area contributed by atoms with E-state index in [9.17, 15) is 0 Å². The Morgan fingerprint density at radius 1 is 0.789 bits per heavy atom. The molecule has 3 heteroatoms. The van der Waals surface area contributed by atoms with E-state index in [1.807, 2.05) is 24.3 Å². The number of hydrogen-bond donors (Lipinski definition) is 0. The van der Waals surface area contributed by atoms with Crippen LogP contribution in [-0.4, -0.2) is 19.0 Å². The molecule has 1 aromatic carbocycles. The lowest BCUT2D eigenvalue weighted by Crippen LogP contribution is -1.97. The molecule has 0 atom stereocenters. The first kappa shape index (κ1) is 16.4. The highest BCUT2D eigenvalue weighted by Gasteiger charge is 1.96. The summed E-state index contributed by atoms with van der Waals surface area (Å²) in [7, 11) is 1.67. The number of methoxy groups -OCH3 is 1. The van der Waals surface area contributed by atoms with E-state index in [0.29, 0.717) is 0 Å². The third kappa shape index (κ3) is 8.14. The summed E-state index contributed by atoms with van der Waals surface area (Å²) in [6.07, 6.45) is 9.12. The molecule has 0 bridgehead atoms. The summed E-state index contributed by atoms with van der Waals surface area (Å²) in [6, 6.07) is 7.77. The predicted molar refractivity (Wildman–Crippen MR) is 84.6 cm³/mol. The zero-order chi connectivity index (χ0) is 13.8. The van der Waals surface area contributed by atoms with Crippen LogP contribution in [0.15, 0.2) is 24.3 Å². The normalized spacial score (nSPS) is 10.4. The van der Waals surface area contributed by atoms with E-state index in [1.165, 1.54) is 38.5 Å². The number of alkyl halides is 1. The van der Waals surface area contributed by atoms with Crippen molar-refractivity contribution in [2.24, 2.45) is 0 Å². The molecule has 0 heterocycles. The number of unbranched alkanes of at least 4 members (excludes halogenated alkanes) is 6. The van der Waals surface area contributed by atoms with Gasteiger partial charge in [0.25, 0.3) is 0 Å². The highest BCUT2D eigenvalue weighted by Crippen LogP contribution is 2.17. The minimum Gasteiger partial charge on any atom is -0.497 e. The monoisotopic (exact) mass is 328 g/mol. The first-order valence-electron chi connectivity index (χ1n) is 7.19. The van der Waals surface area contributed by atoms with Crippen molar-refractivity contribution in [1.29, 1.82) is 0 Å². The van der Waals surface area contributed by atoms with Crippen LogP contribution in [0.5, 0.6) is 11.5 Å². The molecule has 0 aromatic heterocycles. The Labute approximate surface area is 125 Å². The van der Waals surface area contributed by atoms with E-state index in [4.69, 9.17) is 9.47 Å². The van der Waals surface area contributed by atoms with Gasteiger partial charge < -0.3 is 9.47 Å². The van der Waals surface area contributed by atoms with Crippen LogP contribution in [0.4, 0.5) is 0 Å². The molecule has 0 amide bonds. The molecule has 0 saturated heterocycles. The Morgan fingerprint density at radius 3 is 1.89 bits per heavy atom. The van der Waals surface area contributed by atoms with E-state index in [2.05, 4.69) is 15.9 Å². The van der Waals surface area contributed by atoms with Crippen molar-refractivity contribution in [3.8, 4) is 11.5 Å². The molecule has 19 heavy (non-hydrogen) atoms. The van der Waals surface area contributed by atoms with Gasteiger partial charge in [-0.15, -0.1) is 0 Å². The van der Waals surface area contributed by atoms with Gasteiger partial charge in [-0.3, -0.25) is 0 Å². The number of halogens is 1. The molecule has 0 radical (unpaired) electrons. The molecule has 1 aromatic rings. The molecule has 2 nitrogen and oxygen atoms in total. The lowest BCUT2D eigenvalue weighted by Gasteiger charge is -2.07. The van der Waals surface area contributed by atoms with Gasteiger partial charge in [-0.1, -0.05) is 48.0 Å². The van der Waals surface area contributed by atoms with E-state index in [0.717, 1.165) is 29.9 Å². The van der Waals surface area contributed by atoms with Crippen LogP contribution in [0.1, 0.15) is 44.9 Å². The Hall–Kier alpha value is -0.700. The summed E-state index contributed by atoms with van der Waals surface area (Å²) in [4.78, 5) is 0. The molecule has 0 unspecified atom stereocenters. The molecule has 0 saturated carbocycles. The summed E-state index contributed by atoms with van der Waals surface area (Å²) in [5, 5.41) is 1.14. The molecule has 0 aliphatic heterocycles. The molecular weight excluding hydrogens is 304 g/mol. The summed E-state index contributed by atoms with van der Waals surface area (Å²) in [5.74, 6) is 1.80. The fourth-order valence-electron chi connectivity index (χ4n) is 1.94. The fraction of sp³-hybridized carbons (Fsp3) is 0.625. The van der Waals surface area contributed by atoms with Crippen LogP contribution < -0.4 is 9.47 Å². The minimum absolute atomic E-state index is 0.813. The fourth-order valence-corrected chi connectivity index (χ4v) is 2.34. The second-order valence-electron chi connectivity index (χ2n) is 4.69. The number of benzene rings is 1. The average molecular weight is 329 g/mol. The molecule has 0 aliphatic rings. The van der Waals surface area contributed by atoms with Gasteiger partial charge in [-0.2, -0.15) is 0 Å². The van der Waals surface area contributed by atoms with Gasteiger partial charge in [0, 0.05) is 5.33 Å². The standard InChI is InChI=1S/C16H25BrO2/c1-18-15-9-11-16(12-10-15)19-14-8-6-4-2-3-5-7-13-17/h9-12H,2-8,13-14H2,1H3. The van der Waals surface area contributed by atoms with Crippen LogP contribution in [-0.2, 0) is 0 Å². The van der Waals surface area contributed by atoms with Crippen LogP contribution >= 0.6 is 15.9 Å². The summed E-state index contributed by atoms with van der Waals surface area (Å²) >= 11 is 3.46. The van der Waals surface area contributed by atoms with E-state index in [1.54, 1.807) is 7.11 Å². The van der Waals surface area contributed by atoms with Crippen molar-refractivity contribution in [2.45, 2.75) is 44.9 Å². The van der Waals surface area contributed by atoms with Crippen molar-refractivity contribution in [3.05, 3.63) is 24.3 Å². The van der Waals surface area contributed by atoms with Crippen LogP contribution in [0.3, 0.4) is 0 Å². The average Bonchev–Trinajstić information content (AvgIpc) is 2.46. The Morgan fingerprint density at radius 2 is 1.32 bits per heavy atom. The predicted octanol–water partition coefficient (Wildman–Crippen LogP) is 5.20. The van der Waals surface area contributed by atoms with Gasteiger partial charge in [0.15, 0.2) is 0 Å². The van der Waals surface area contributed by atoms with Crippen molar-refractivity contribution in [1.82, 2.24) is 0 Å². The molecule has 0 spiro atoms. The van der Waals surface area contributed by atoms with Gasteiger partial charge in [-0.05, 0) is 37.1 Å². The van der Waals surface area contributed by atoms with Gasteiger partial charge in [0.1, 0.15) is 11.5 Å². The maximum absolute atomic E-state index is 5.69. The van der Waals surface area contributed by atoms with Gasteiger partial charge in [0.05, 0.1) is 13.7 Å². The van der Waals surface area contributed by atoms with Crippen LogP contribution in [0.25, 0.3) is 0 Å². The molecule has 108 valence electrons. The van der Waals surface area contributed by atoms with Gasteiger partial charge in [-0.25, -0.2) is 0 Å².